The first kappa shape index (κ1) is 22.3. The number of rotatable bonds is 6. The van der Waals surface area contributed by atoms with Gasteiger partial charge in [-0.2, -0.15) is 0 Å². The maximum atomic E-state index is 13.3. The number of halogens is 2. The average molecular weight is 541 g/mol. The van der Waals surface area contributed by atoms with Gasteiger partial charge in [-0.05, 0) is 82.7 Å². The number of carbonyl (C=O) groups excluding carboxylic acids is 3. The molecule has 1 aliphatic rings. The molecule has 3 rings (SSSR count). The quantitative estimate of drug-likeness (QED) is 0.302. The van der Waals surface area contributed by atoms with Gasteiger partial charge in [-0.25, -0.2) is 9.18 Å². The van der Waals surface area contributed by atoms with Crippen LogP contribution in [0.4, 0.5) is 9.18 Å². The lowest BCUT2D eigenvalue weighted by Gasteiger charge is -2.18. The zero-order valence-corrected chi connectivity index (χ0v) is 19.0. The van der Waals surface area contributed by atoms with E-state index in [-0.39, 0.29) is 17.3 Å². The molecule has 1 fully saturated rings. The lowest BCUT2D eigenvalue weighted by Crippen LogP contribution is -2.42. The fourth-order valence-corrected chi connectivity index (χ4v) is 4.36. The van der Waals surface area contributed by atoms with Gasteiger partial charge in [0.1, 0.15) is 24.2 Å². The summed E-state index contributed by atoms with van der Waals surface area (Å²) in [5.74, 6) is -0.904. The molecule has 0 aliphatic carbocycles. The second-order valence-electron chi connectivity index (χ2n) is 6.36. The number of hydrogen-bond donors (Lipinski definition) is 0. The molecule has 2 aromatic carbocycles. The molecule has 0 N–H and O–H groups in total. The molecule has 30 heavy (non-hydrogen) atoms. The molecule has 9 heteroatoms. The van der Waals surface area contributed by atoms with Crippen LogP contribution in [0.1, 0.15) is 18.1 Å². The van der Waals surface area contributed by atoms with Crippen molar-refractivity contribution in [2.75, 3.05) is 7.11 Å². The minimum Gasteiger partial charge on any atom is -0.488 e. The van der Waals surface area contributed by atoms with Crippen molar-refractivity contribution in [1.82, 2.24) is 4.90 Å². The highest BCUT2D eigenvalue weighted by Crippen LogP contribution is 2.34. The van der Waals surface area contributed by atoms with Crippen molar-refractivity contribution in [3.05, 3.63) is 67.9 Å². The first-order valence-electron chi connectivity index (χ1n) is 8.82. The van der Waals surface area contributed by atoms with E-state index in [1.165, 1.54) is 26.2 Å². The summed E-state index contributed by atoms with van der Waals surface area (Å²) in [6.07, 6.45) is 1.59. The lowest BCUT2D eigenvalue weighted by atomic mass is 10.2. The molecule has 1 saturated heterocycles. The Labute approximate surface area is 190 Å². The Morgan fingerprint density at radius 3 is 2.70 bits per heavy atom. The molecule has 0 unspecified atom stereocenters. The molecule has 1 aliphatic heterocycles. The van der Waals surface area contributed by atoms with Gasteiger partial charge in [-0.3, -0.25) is 14.5 Å². The number of nitrogens with zero attached hydrogens (tertiary/aromatic N) is 1. The summed E-state index contributed by atoms with van der Waals surface area (Å²) in [5, 5.41) is -0.520. The molecule has 2 amide bonds. The van der Waals surface area contributed by atoms with Crippen LogP contribution in [0.25, 0.3) is 6.08 Å². The van der Waals surface area contributed by atoms with Crippen molar-refractivity contribution in [3.63, 3.8) is 0 Å². The van der Waals surface area contributed by atoms with E-state index in [0.29, 0.717) is 16.9 Å². The number of thioether (sulfide) groups is 1. The van der Waals surface area contributed by atoms with Crippen LogP contribution in [0, 0.1) is 9.39 Å². The minimum atomic E-state index is -0.993. The van der Waals surface area contributed by atoms with Crippen LogP contribution < -0.4 is 4.74 Å². The van der Waals surface area contributed by atoms with Gasteiger partial charge in [0.05, 0.1) is 15.6 Å². The maximum absolute atomic E-state index is 13.3. The number of imide groups is 1. The standard InChI is InChI=1S/C21H17FINO5S/c1-12(20(26)28-2)24-19(25)18(30-21(24)27)10-13-6-7-17(16(23)9-13)29-11-14-4-3-5-15(22)8-14/h3-10,12H,11H2,1-2H3/b18-10+/t12-/m1/s1. The predicted molar refractivity (Wildman–Crippen MR) is 119 cm³/mol. The second-order valence-corrected chi connectivity index (χ2v) is 8.51. The smallest absolute Gasteiger partial charge is 0.328 e. The summed E-state index contributed by atoms with van der Waals surface area (Å²) in [5.41, 5.74) is 1.41. The third kappa shape index (κ3) is 5.01. The maximum Gasteiger partial charge on any atom is 0.328 e. The fraction of sp³-hybridized carbons (Fsp3) is 0.190. The zero-order valence-electron chi connectivity index (χ0n) is 16.1. The van der Waals surface area contributed by atoms with Gasteiger partial charge in [-0.15, -0.1) is 0 Å². The molecule has 0 aromatic heterocycles. The SMILES string of the molecule is COC(=O)[C@@H](C)N1C(=O)S/C(=C/c2ccc(OCc3cccc(F)c3)c(I)c2)C1=O. The molecule has 0 saturated carbocycles. The first-order valence-corrected chi connectivity index (χ1v) is 10.7. The Morgan fingerprint density at radius 1 is 1.27 bits per heavy atom. The van der Waals surface area contributed by atoms with E-state index in [0.717, 1.165) is 20.2 Å². The van der Waals surface area contributed by atoms with E-state index in [1.54, 1.807) is 36.4 Å². The highest BCUT2D eigenvalue weighted by Gasteiger charge is 2.41. The Balaban J connectivity index is 1.73. The number of benzene rings is 2. The molecule has 0 spiro atoms. The largest absolute Gasteiger partial charge is 0.488 e. The number of esters is 1. The zero-order chi connectivity index (χ0) is 21.8. The Hall–Kier alpha value is -2.40. The number of carbonyl (C=O) groups is 3. The molecular weight excluding hydrogens is 524 g/mol. The second kappa shape index (κ2) is 9.61. The van der Waals surface area contributed by atoms with Gasteiger partial charge in [-0.1, -0.05) is 18.2 Å². The number of ether oxygens (including phenoxy) is 2. The number of hydrogen-bond acceptors (Lipinski definition) is 6. The van der Waals surface area contributed by atoms with Crippen LogP contribution in [-0.2, 0) is 20.9 Å². The molecule has 6 nitrogen and oxygen atoms in total. The van der Waals surface area contributed by atoms with Gasteiger partial charge in [0.15, 0.2) is 0 Å². The number of amides is 2. The third-order valence-electron chi connectivity index (χ3n) is 4.29. The monoisotopic (exact) mass is 541 g/mol. The summed E-state index contributed by atoms with van der Waals surface area (Å²) < 4.78 is 24.4. The van der Waals surface area contributed by atoms with Gasteiger partial charge >= 0.3 is 5.97 Å². The van der Waals surface area contributed by atoms with Crippen molar-refractivity contribution in [3.8, 4) is 5.75 Å². The third-order valence-corrected chi connectivity index (χ3v) is 6.02. The summed E-state index contributed by atoms with van der Waals surface area (Å²) in [4.78, 5) is 37.6. The Morgan fingerprint density at radius 2 is 2.03 bits per heavy atom. The van der Waals surface area contributed by atoms with Crippen molar-refractivity contribution in [2.24, 2.45) is 0 Å². The summed E-state index contributed by atoms with van der Waals surface area (Å²) in [7, 11) is 1.20. The van der Waals surface area contributed by atoms with Crippen LogP contribution in [-0.4, -0.2) is 35.2 Å². The predicted octanol–water partition coefficient (Wildman–Crippen LogP) is 4.61. The van der Waals surface area contributed by atoms with E-state index < -0.39 is 23.2 Å². The van der Waals surface area contributed by atoms with Crippen LogP contribution in [0.2, 0.25) is 0 Å². The van der Waals surface area contributed by atoms with E-state index in [4.69, 9.17) is 4.74 Å². The normalized spacial score (nSPS) is 16.1. The first-order chi connectivity index (χ1) is 14.3. The lowest BCUT2D eigenvalue weighted by molar-refractivity contribution is -0.148. The summed E-state index contributed by atoms with van der Waals surface area (Å²) >= 11 is 2.87. The van der Waals surface area contributed by atoms with Crippen LogP contribution in [0.15, 0.2) is 47.4 Å². The van der Waals surface area contributed by atoms with Crippen molar-refractivity contribution in [1.29, 1.82) is 0 Å². The highest BCUT2D eigenvalue weighted by molar-refractivity contribution is 14.1. The molecule has 0 radical (unpaired) electrons. The van der Waals surface area contributed by atoms with Crippen molar-refractivity contribution in [2.45, 2.75) is 19.6 Å². The van der Waals surface area contributed by atoms with Crippen LogP contribution >= 0.6 is 34.4 Å². The molecule has 2 aromatic rings. The highest BCUT2D eigenvalue weighted by atomic mass is 127. The van der Waals surface area contributed by atoms with Crippen LogP contribution in [0.3, 0.4) is 0 Å². The summed E-state index contributed by atoms with van der Waals surface area (Å²) in [6, 6.07) is 10.5. The molecule has 0 bridgehead atoms. The van der Waals surface area contributed by atoms with Gasteiger partial charge in [0, 0.05) is 0 Å². The van der Waals surface area contributed by atoms with Crippen molar-refractivity contribution >= 4 is 57.5 Å². The molecular formula is C21H17FINO5S. The number of methoxy groups -OCH3 is 1. The van der Waals surface area contributed by atoms with E-state index in [1.807, 2.05) is 0 Å². The van der Waals surface area contributed by atoms with Gasteiger partial charge < -0.3 is 9.47 Å². The minimum absolute atomic E-state index is 0.220. The van der Waals surface area contributed by atoms with Gasteiger partial charge in [0.2, 0.25) is 0 Å². The van der Waals surface area contributed by atoms with Crippen molar-refractivity contribution < 1.29 is 28.2 Å². The summed E-state index contributed by atoms with van der Waals surface area (Å²) in [6.45, 7) is 1.66. The fourth-order valence-electron chi connectivity index (χ4n) is 2.75. The molecule has 1 atom stereocenters. The molecule has 156 valence electrons. The van der Waals surface area contributed by atoms with E-state index >= 15 is 0 Å². The topological polar surface area (TPSA) is 72.9 Å². The average Bonchev–Trinajstić information content (AvgIpc) is 2.99. The van der Waals surface area contributed by atoms with E-state index in [9.17, 15) is 18.8 Å². The Bertz CT molecular complexity index is 1040. The Kier molecular flexibility index (Phi) is 7.14. The van der Waals surface area contributed by atoms with E-state index in [2.05, 4.69) is 27.3 Å². The molecule has 1 heterocycles. The van der Waals surface area contributed by atoms with Crippen LogP contribution in [0.5, 0.6) is 5.75 Å². The van der Waals surface area contributed by atoms with Gasteiger partial charge in [0.25, 0.3) is 11.1 Å².